The van der Waals surface area contributed by atoms with Crippen molar-refractivity contribution in [2.75, 3.05) is 0 Å². The first-order chi connectivity index (χ1) is 10.3. The topological polar surface area (TPSA) is 30.2 Å². The van der Waals surface area contributed by atoms with Crippen molar-refractivity contribution in [2.24, 2.45) is 0 Å². The third-order valence-corrected chi connectivity index (χ3v) is 3.73. The van der Waals surface area contributed by atoms with Crippen LogP contribution in [0, 0.1) is 0 Å². The van der Waals surface area contributed by atoms with Crippen molar-refractivity contribution in [3.63, 3.8) is 0 Å². The van der Waals surface area contributed by atoms with Crippen molar-refractivity contribution in [2.45, 2.75) is 0 Å². The van der Waals surface area contributed by atoms with Gasteiger partial charge in [-0.1, -0.05) is 54.6 Å². The van der Waals surface area contributed by atoms with Crippen LogP contribution in [0.4, 0.5) is 0 Å². The van der Waals surface area contributed by atoms with Gasteiger partial charge in [-0.05, 0) is 34.7 Å². The van der Waals surface area contributed by atoms with E-state index >= 15 is 0 Å². The van der Waals surface area contributed by atoms with Crippen molar-refractivity contribution >= 4 is 21.7 Å². The van der Waals surface area contributed by atoms with E-state index in [1.54, 1.807) is 6.07 Å². The minimum absolute atomic E-state index is 0.287. The quantitative estimate of drug-likeness (QED) is 0.374. The lowest BCUT2D eigenvalue weighted by Crippen LogP contribution is -1.99. The molecule has 1 heterocycles. The molecule has 0 saturated heterocycles. The Morgan fingerprint density at radius 2 is 1.33 bits per heavy atom. The van der Waals surface area contributed by atoms with Gasteiger partial charge in [0.05, 0.1) is 5.39 Å². The Bertz CT molecular complexity index is 998. The molecule has 0 saturated carbocycles. The van der Waals surface area contributed by atoms with Crippen LogP contribution in [0.25, 0.3) is 32.9 Å². The molecule has 0 atom stereocenters. The van der Waals surface area contributed by atoms with Gasteiger partial charge in [0.1, 0.15) is 5.58 Å². The SMILES string of the molecule is O=c1oc2ccc(-c3ccccc3)cc2c2ccccc12. The van der Waals surface area contributed by atoms with E-state index in [0.717, 1.165) is 21.9 Å². The van der Waals surface area contributed by atoms with Crippen molar-refractivity contribution < 1.29 is 4.42 Å². The van der Waals surface area contributed by atoms with Crippen LogP contribution in [0.2, 0.25) is 0 Å². The summed E-state index contributed by atoms with van der Waals surface area (Å²) in [4.78, 5) is 12.0. The number of fused-ring (bicyclic) bond motifs is 3. The Hall–Kier alpha value is -2.87. The molecule has 21 heavy (non-hydrogen) atoms. The first kappa shape index (κ1) is 11.9. The predicted molar refractivity (Wildman–Crippen MR) is 85.4 cm³/mol. The number of hydrogen-bond donors (Lipinski definition) is 0. The molecule has 4 rings (SSSR count). The monoisotopic (exact) mass is 272 g/mol. The number of hydrogen-bond acceptors (Lipinski definition) is 2. The molecule has 0 N–H and O–H groups in total. The molecular weight excluding hydrogens is 260 g/mol. The molecule has 100 valence electrons. The van der Waals surface area contributed by atoms with E-state index in [1.165, 1.54) is 0 Å². The lowest BCUT2D eigenvalue weighted by molar-refractivity contribution is 0.570. The molecular formula is C19H12O2. The Balaban J connectivity index is 2.10. The standard InChI is InChI=1S/C19H12O2/c20-19-16-9-5-4-8-15(16)17-12-14(10-11-18(17)21-19)13-6-2-1-3-7-13/h1-12H. The van der Waals surface area contributed by atoms with Gasteiger partial charge in [0.2, 0.25) is 0 Å². The summed E-state index contributed by atoms with van der Waals surface area (Å²) in [5.41, 5.74) is 2.60. The maximum Gasteiger partial charge on any atom is 0.344 e. The van der Waals surface area contributed by atoms with E-state index in [0.29, 0.717) is 11.0 Å². The first-order valence-corrected chi connectivity index (χ1v) is 6.84. The van der Waals surface area contributed by atoms with Gasteiger partial charge >= 0.3 is 5.63 Å². The molecule has 0 spiro atoms. The summed E-state index contributed by atoms with van der Waals surface area (Å²) in [6, 6.07) is 23.7. The Labute approximate surface area is 121 Å². The Kier molecular flexibility index (Phi) is 2.61. The van der Waals surface area contributed by atoms with Crippen LogP contribution in [0.3, 0.4) is 0 Å². The van der Waals surface area contributed by atoms with Crippen LogP contribution in [-0.2, 0) is 0 Å². The van der Waals surface area contributed by atoms with E-state index in [4.69, 9.17) is 4.42 Å². The lowest BCUT2D eigenvalue weighted by atomic mass is 10.0. The van der Waals surface area contributed by atoms with Crippen LogP contribution in [0.15, 0.2) is 82.0 Å². The van der Waals surface area contributed by atoms with Gasteiger partial charge in [0, 0.05) is 5.39 Å². The predicted octanol–water partition coefficient (Wildman–Crippen LogP) is 4.61. The van der Waals surface area contributed by atoms with Crippen LogP contribution < -0.4 is 5.63 Å². The zero-order chi connectivity index (χ0) is 14.2. The molecule has 1 aromatic heterocycles. The van der Waals surface area contributed by atoms with E-state index in [1.807, 2.05) is 48.5 Å². The van der Waals surface area contributed by atoms with Crippen LogP contribution in [0.1, 0.15) is 0 Å². The largest absolute Gasteiger partial charge is 0.422 e. The zero-order valence-electron chi connectivity index (χ0n) is 11.2. The summed E-state index contributed by atoms with van der Waals surface area (Å²) >= 11 is 0. The molecule has 0 aliphatic heterocycles. The highest BCUT2D eigenvalue weighted by Crippen LogP contribution is 2.28. The summed E-state index contributed by atoms with van der Waals surface area (Å²) in [7, 11) is 0. The maximum atomic E-state index is 12.0. The molecule has 0 radical (unpaired) electrons. The Morgan fingerprint density at radius 1 is 0.619 bits per heavy atom. The second-order valence-electron chi connectivity index (χ2n) is 5.01. The molecule has 0 fully saturated rings. The third-order valence-electron chi connectivity index (χ3n) is 3.73. The lowest BCUT2D eigenvalue weighted by Gasteiger charge is -2.06. The van der Waals surface area contributed by atoms with E-state index in [9.17, 15) is 4.79 Å². The summed E-state index contributed by atoms with van der Waals surface area (Å²) < 4.78 is 5.41. The molecule has 0 aliphatic carbocycles. The summed E-state index contributed by atoms with van der Waals surface area (Å²) in [5.74, 6) is 0. The highest BCUT2D eigenvalue weighted by Gasteiger charge is 2.08. The van der Waals surface area contributed by atoms with Gasteiger partial charge < -0.3 is 4.42 Å². The molecule has 4 aromatic rings. The summed E-state index contributed by atoms with van der Waals surface area (Å²) in [6.45, 7) is 0. The number of rotatable bonds is 1. The molecule has 0 amide bonds. The summed E-state index contributed by atoms with van der Waals surface area (Å²) in [6.07, 6.45) is 0. The van der Waals surface area contributed by atoms with Gasteiger partial charge in [-0.15, -0.1) is 0 Å². The van der Waals surface area contributed by atoms with Crippen LogP contribution in [-0.4, -0.2) is 0 Å². The molecule has 2 nitrogen and oxygen atoms in total. The normalized spacial score (nSPS) is 11.0. The maximum absolute atomic E-state index is 12.0. The van der Waals surface area contributed by atoms with Gasteiger partial charge in [0.25, 0.3) is 0 Å². The fourth-order valence-electron chi connectivity index (χ4n) is 2.69. The van der Waals surface area contributed by atoms with Gasteiger partial charge in [-0.2, -0.15) is 0 Å². The average Bonchev–Trinajstić information content (AvgIpc) is 2.56. The second kappa shape index (κ2) is 4.60. The minimum Gasteiger partial charge on any atom is -0.422 e. The molecule has 3 aromatic carbocycles. The Morgan fingerprint density at radius 3 is 2.14 bits per heavy atom. The van der Waals surface area contributed by atoms with Crippen molar-refractivity contribution in [3.05, 3.63) is 83.2 Å². The van der Waals surface area contributed by atoms with Crippen LogP contribution in [0.5, 0.6) is 0 Å². The zero-order valence-corrected chi connectivity index (χ0v) is 11.2. The highest BCUT2D eigenvalue weighted by atomic mass is 16.4. The fourth-order valence-corrected chi connectivity index (χ4v) is 2.69. The summed E-state index contributed by atoms with van der Waals surface area (Å²) in [5, 5.41) is 2.52. The van der Waals surface area contributed by atoms with E-state index in [-0.39, 0.29) is 5.63 Å². The van der Waals surface area contributed by atoms with Gasteiger partial charge in [-0.3, -0.25) is 0 Å². The smallest absolute Gasteiger partial charge is 0.344 e. The highest BCUT2D eigenvalue weighted by molar-refractivity contribution is 6.05. The second-order valence-corrected chi connectivity index (χ2v) is 5.01. The molecule has 0 unspecified atom stereocenters. The molecule has 0 bridgehead atoms. The minimum atomic E-state index is -0.287. The average molecular weight is 272 g/mol. The van der Waals surface area contributed by atoms with E-state index < -0.39 is 0 Å². The first-order valence-electron chi connectivity index (χ1n) is 6.84. The fraction of sp³-hybridized carbons (Fsp3) is 0. The van der Waals surface area contributed by atoms with Gasteiger partial charge in [-0.25, -0.2) is 4.79 Å². The number of benzene rings is 3. The molecule has 2 heteroatoms. The van der Waals surface area contributed by atoms with Crippen molar-refractivity contribution in [1.29, 1.82) is 0 Å². The van der Waals surface area contributed by atoms with Crippen molar-refractivity contribution in [1.82, 2.24) is 0 Å². The van der Waals surface area contributed by atoms with Crippen molar-refractivity contribution in [3.8, 4) is 11.1 Å². The van der Waals surface area contributed by atoms with Crippen LogP contribution >= 0.6 is 0 Å². The third kappa shape index (κ3) is 1.93. The van der Waals surface area contributed by atoms with E-state index in [2.05, 4.69) is 18.2 Å². The van der Waals surface area contributed by atoms with Gasteiger partial charge in [0.15, 0.2) is 0 Å². The molecule has 0 aliphatic rings.